The number of aliphatic hydroxyl groups is 1. The average molecular weight is 156 g/mol. The van der Waals surface area contributed by atoms with Gasteiger partial charge in [-0.2, -0.15) is 0 Å². The smallest absolute Gasteiger partial charge is 0.0506 e. The van der Waals surface area contributed by atoms with E-state index in [1.54, 1.807) is 18.6 Å². The van der Waals surface area contributed by atoms with E-state index in [9.17, 15) is 0 Å². The van der Waals surface area contributed by atoms with Crippen LogP contribution in [0.15, 0.2) is 24.3 Å². The molecule has 1 aromatic carbocycles. The van der Waals surface area contributed by atoms with Crippen LogP contribution in [-0.4, -0.2) is 11.7 Å². The molecule has 0 aromatic heterocycles. The Kier molecular flexibility index (Phi) is 2.72. The monoisotopic (exact) mass is 155 g/mol. The molecular formula is C8H8ClO. The van der Waals surface area contributed by atoms with E-state index in [1.807, 2.05) is 12.1 Å². The molecule has 53 valence electrons. The van der Waals surface area contributed by atoms with Crippen LogP contribution in [0, 0.1) is 6.42 Å². The molecule has 0 amide bonds. The second-order valence-electron chi connectivity index (χ2n) is 1.94. The summed E-state index contributed by atoms with van der Waals surface area (Å²) in [6, 6.07) is 7.35. The molecular weight excluding hydrogens is 148 g/mol. The van der Waals surface area contributed by atoms with Gasteiger partial charge in [-0.15, -0.1) is 0 Å². The fourth-order valence-electron chi connectivity index (χ4n) is 0.739. The highest BCUT2D eigenvalue weighted by atomic mass is 35.5. The SMILES string of the molecule is OC[CH]c1cccc(Cl)c1. The molecule has 0 saturated carbocycles. The Labute approximate surface area is 65.3 Å². The number of hydrogen-bond acceptors (Lipinski definition) is 1. The van der Waals surface area contributed by atoms with Gasteiger partial charge < -0.3 is 5.11 Å². The van der Waals surface area contributed by atoms with Crippen LogP contribution in [0.4, 0.5) is 0 Å². The summed E-state index contributed by atoms with van der Waals surface area (Å²) in [5.41, 5.74) is 0.954. The van der Waals surface area contributed by atoms with Crippen molar-refractivity contribution in [3.05, 3.63) is 41.3 Å². The van der Waals surface area contributed by atoms with E-state index < -0.39 is 0 Å². The van der Waals surface area contributed by atoms with Gasteiger partial charge in [0.1, 0.15) is 0 Å². The van der Waals surface area contributed by atoms with Gasteiger partial charge in [-0.05, 0) is 17.7 Å². The quantitative estimate of drug-likeness (QED) is 0.692. The Bertz CT molecular complexity index is 210. The topological polar surface area (TPSA) is 20.2 Å². The lowest BCUT2D eigenvalue weighted by molar-refractivity contribution is 0.331. The third-order valence-electron chi connectivity index (χ3n) is 1.18. The predicted molar refractivity (Wildman–Crippen MR) is 41.9 cm³/mol. The van der Waals surface area contributed by atoms with Crippen LogP contribution in [-0.2, 0) is 0 Å². The van der Waals surface area contributed by atoms with Crippen molar-refractivity contribution in [1.82, 2.24) is 0 Å². The zero-order chi connectivity index (χ0) is 7.40. The number of halogens is 1. The first-order valence-corrected chi connectivity index (χ1v) is 3.40. The van der Waals surface area contributed by atoms with Crippen molar-refractivity contribution >= 4 is 11.6 Å². The van der Waals surface area contributed by atoms with Crippen molar-refractivity contribution in [3.63, 3.8) is 0 Å². The van der Waals surface area contributed by atoms with Crippen LogP contribution in [0.3, 0.4) is 0 Å². The number of aliphatic hydroxyl groups excluding tert-OH is 1. The maximum atomic E-state index is 8.51. The molecule has 0 saturated heterocycles. The molecule has 0 aliphatic heterocycles. The van der Waals surface area contributed by atoms with E-state index in [0.29, 0.717) is 5.02 Å². The second-order valence-corrected chi connectivity index (χ2v) is 2.38. The maximum absolute atomic E-state index is 8.51. The fourth-order valence-corrected chi connectivity index (χ4v) is 0.938. The molecule has 0 fully saturated rings. The van der Waals surface area contributed by atoms with Crippen LogP contribution >= 0.6 is 11.6 Å². The second kappa shape index (κ2) is 3.59. The van der Waals surface area contributed by atoms with Crippen LogP contribution in [0.1, 0.15) is 5.56 Å². The minimum atomic E-state index is 0.0559. The third kappa shape index (κ3) is 2.01. The Morgan fingerprint density at radius 3 is 2.90 bits per heavy atom. The lowest BCUT2D eigenvalue weighted by Gasteiger charge is -1.95. The highest BCUT2D eigenvalue weighted by Gasteiger charge is 1.91. The molecule has 0 unspecified atom stereocenters. The standard InChI is InChI=1S/C8H8ClO/c9-8-3-1-2-7(6-8)4-5-10/h1-4,6,10H,5H2. The van der Waals surface area contributed by atoms with Gasteiger partial charge in [0.25, 0.3) is 0 Å². The summed E-state index contributed by atoms with van der Waals surface area (Å²) in [7, 11) is 0. The average Bonchev–Trinajstić information content (AvgIpc) is 1.88. The first-order valence-electron chi connectivity index (χ1n) is 3.02. The zero-order valence-electron chi connectivity index (χ0n) is 5.42. The van der Waals surface area contributed by atoms with Crippen molar-refractivity contribution < 1.29 is 5.11 Å². The molecule has 0 aliphatic carbocycles. The highest BCUT2D eigenvalue weighted by molar-refractivity contribution is 6.30. The first-order chi connectivity index (χ1) is 4.83. The Morgan fingerprint density at radius 1 is 1.50 bits per heavy atom. The van der Waals surface area contributed by atoms with Gasteiger partial charge in [0.05, 0.1) is 6.61 Å². The number of hydrogen-bond donors (Lipinski definition) is 1. The van der Waals surface area contributed by atoms with Gasteiger partial charge in [0.2, 0.25) is 0 Å². The summed E-state index contributed by atoms with van der Waals surface area (Å²) in [6.07, 6.45) is 1.70. The molecule has 0 spiro atoms. The third-order valence-corrected chi connectivity index (χ3v) is 1.41. The Morgan fingerprint density at radius 2 is 2.30 bits per heavy atom. The highest BCUT2D eigenvalue weighted by Crippen LogP contribution is 2.11. The molecule has 1 N–H and O–H groups in total. The molecule has 0 atom stereocenters. The summed E-state index contributed by atoms with van der Waals surface area (Å²) in [4.78, 5) is 0. The first kappa shape index (κ1) is 7.58. The molecule has 1 aromatic rings. The molecule has 0 heterocycles. The summed E-state index contributed by atoms with van der Waals surface area (Å²) < 4.78 is 0. The fraction of sp³-hybridized carbons (Fsp3) is 0.125. The number of rotatable bonds is 2. The molecule has 0 aliphatic rings. The van der Waals surface area contributed by atoms with E-state index in [0.717, 1.165) is 5.56 Å². The minimum absolute atomic E-state index is 0.0559. The molecule has 1 rings (SSSR count). The van der Waals surface area contributed by atoms with Crippen LogP contribution in [0.5, 0.6) is 0 Å². The normalized spacial score (nSPS) is 9.80. The van der Waals surface area contributed by atoms with E-state index in [1.165, 1.54) is 0 Å². The van der Waals surface area contributed by atoms with Gasteiger partial charge in [-0.25, -0.2) is 0 Å². The van der Waals surface area contributed by atoms with Crippen LogP contribution in [0.25, 0.3) is 0 Å². The van der Waals surface area contributed by atoms with Crippen LogP contribution in [0.2, 0.25) is 5.02 Å². The molecule has 1 nitrogen and oxygen atoms in total. The van der Waals surface area contributed by atoms with Gasteiger partial charge in [-0.3, -0.25) is 0 Å². The summed E-state index contributed by atoms with van der Waals surface area (Å²) >= 11 is 5.68. The van der Waals surface area contributed by atoms with Crippen molar-refractivity contribution in [3.8, 4) is 0 Å². The van der Waals surface area contributed by atoms with Crippen molar-refractivity contribution in [2.45, 2.75) is 0 Å². The molecule has 2 heteroatoms. The van der Waals surface area contributed by atoms with E-state index in [-0.39, 0.29) is 6.61 Å². The Balaban J connectivity index is 2.75. The summed E-state index contributed by atoms with van der Waals surface area (Å²) in [5, 5.41) is 9.21. The maximum Gasteiger partial charge on any atom is 0.0506 e. The number of benzene rings is 1. The summed E-state index contributed by atoms with van der Waals surface area (Å²) in [5.74, 6) is 0. The van der Waals surface area contributed by atoms with Crippen molar-refractivity contribution in [2.75, 3.05) is 6.61 Å². The Hall–Kier alpha value is -0.530. The van der Waals surface area contributed by atoms with E-state index in [4.69, 9.17) is 16.7 Å². The van der Waals surface area contributed by atoms with Gasteiger partial charge in [0.15, 0.2) is 0 Å². The molecule has 0 bridgehead atoms. The largest absolute Gasteiger partial charge is 0.396 e. The molecule has 10 heavy (non-hydrogen) atoms. The molecule has 1 radical (unpaired) electrons. The van der Waals surface area contributed by atoms with E-state index >= 15 is 0 Å². The minimum Gasteiger partial charge on any atom is -0.396 e. The lowest BCUT2D eigenvalue weighted by atomic mass is 10.2. The van der Waals surface area contributed by atoms with Crippen molar-refractivity contribution in [1.29, 1.82) is 0 Å². The van der Waals surface area contributed by atoms with Crippen LogP contribution < -0.4 is 0 Å². The van der Waals surface area contributed by atoms with E-state index in [2.05, 4.69) is 0 Å². The zero-order valence-corrected chi connectivity index (χ0v) is 6.17. The van der Waals surface area contributed by atoms with Gasteiger partial charge >= 0.3 is 0 Å². The van der Waals surface area contributed by atoms with Gasteiger partial charge in [0, 0.05) is 11.4 Å². The predicted octanol–water partition coefficient (Wildman–Crippen LogP) is 1.88. The van der Waals surface area contributed by atoms with Gasteiger partial charge in [-0.1, -0.05) is 23.7 Å². The summed E-state index contributed by atoms with van der Waals surface area (Å²) in [6.45, 7) is 0.0559. The lowest BCUT2D eigenvalue weighted by Crippen LogP contribution is -1.85. The van der Waals surface area contributed by atoms with Crippen molar-refractivity contribution in [2.24, 2.45) is 0 Å².